The molecule has 0 aromatic heterocycles. The monoisotopic (exact) mass is 1150 g/mol. The Bertz CT molecular complexity index is 4920. The highest BCUT2D eigenvalue weighted by molar-refractivity contribution is 6.14. The van der Waals surface area contributed by atoms with Gasteiger partial charge in [-0.1, -0.05) is 282 Å². The van der Waals surface area contributed by atoms with Gasteiger partial charge < -0.3 is 9.80 Å². The number of anilines is 6. The van der Waals surface area contributed by atoms with Gasteiger partial charge in [0.1, 0.15) is 0 Å². The van der Waals surface area contributed by atoms with Crippen LogP contribution in [0.4, 0.5) is 34.1 Å². The van der Waals surface area contributed by atoms with Gasteiger partial charge in [-0.05, 0) is 172 Å². The van der Waals surface area contributed by atoms with Crippen LogP contribution in [0.1, 0.15) is 83.3 Å². The molecule has 2 nitrogen and oxygen atoms in total. The minimum Gasteiger partial charge on any atom is -0.310 e. The smallest absolute Gasteiger partial charge is 0.0642 e. The Morgan fingerprint density at radius 1 is 0.211 bits per heavy atom. The summed E-state index contributed by atoms with van der Waals surface area (Å²) in [6.45, 7) is 9.57. The van der Waals surface area contributed by atoms with Crippen molar-refractivity contribution < 1.29 is 0 Å². The Kier molecular flexibility index (Phi) is 11.3. The average Bonchev–Trinajstić information content (AvgIpc) is 1.47. The van der Waals surface area contributed by atoms with Crippen molar-refractivity contribution in [1.82, 2.24) is 0 Å². The number of hydrogen-bond acceptors (Lipinski definition) is 2. The standard InChI is InChI=1S/C88H64N2/c1-85(2)73-45-25-21-37-63(73)65-51-49-61(53-77(65)85)89(59-33-13-7-14-34-59)81-55-79-83(69-41-19-17-39-67(69)81)71-43-23-27-47-75(71)87(79,57-29-9-5-10-30-57)88(58-31-11-6-12-32-58)76-48-28-24-44-72(76)84-70-42-20-18-40-68(70)82(56-80(84)88)90(60-35-15-8-16-36-60)62-50-52-66-64-38-22-26-46-74(64)86(3,4)78(66)54-62/h5-56H,1-4H3. The van der Waals surface area contributed by atoms with E-state index >= 15 is 0 Å². The summed E-state index contributed by atoms with van der Waals surface area (Å²) in [5.41, 5.74) is 27.6. The first-order valence-corrected chi connectivity index (χ1v) is 31.8. The topological polar surface area (TPSA) is 6.48 Å². The fourth-order valence-electron chi connectivity index (χ4n) is 17.5. The normalized spacial score (nSPS) is 17.2. The average molecular weight is 1150 g/mol. The molecule has 0 N–H and O–H groups in total. The van der Waals surface area contributed by atoms with E-state index in [0.29, 0.717) is 0 Å². The Morgan fingerprint density at radius 2 is 0.511 bits per heavy atom. The minimum atomic E-state index is -0.924. The van der Waals surface area contributed by atoms with Crippen molar-refractivity contribution in [2.45, 2.75) is 49.4 Å². The van der Waals surface area contributed by atoms with Crippen molar-refractivity contribution in [2.24, 2.45) is 0 Å². The zero-order valence-electron chi connectivity index (χ0n) is 50.9. The van der Waals surface area contributed by atoms with Gasteiger partial charge in [0.05, 0.1) is 22.2 Å². The number of nitrogens with zero attached hydrogens (tertiary/aromatic N) is 2. The molecular weight excluding hydrogens is 1080 g/mol. The van der Waals surface area contributed by atoms with E-state index in [1.807, 2.05) is 0 Å². The summed E-state index contributed by atoms with van der Waals surface area (Å²) in [5.74, 6) is 0. The van der Waals surface area contributed by atoms with Gasteiger partial charge in [-0.15, -0.1) is 0 Å². The lowest BCUT2D eigenvalue weighted by Crippen LogP contribution is -2.50. The number of fused-ring (bicyclic) bond motifs is 16. The molecular formula is C88H64N2. The van der Waals surface area contributed by atoms with Crippen molar-refractivity contribution in [2.75, 3.05) is 9.80 Å². The van der Waals surface area contributed by atoms with Crippen LogP contribution in [0.2, 0.25) is 0 Å². The summed E-state index contributed by atoms with van der Waals surface area (Å²) in [5, 5.41) is 4.82. The molecule has 0 bridgehead atoms. The maximum Gasteiger partial charge on any atom is 0.0642 e. The van der Waals surface area contributed by atoms with Gasteiger partial charge in [0.15, 0.2) is 0 Å². The third kappa shape index (κ3) is 6.94. The van der Waals surface area contributed by atoms with Crippen LogP contribution in [0.15, 0.2) is 315 Å². The van der Waals surface area contributed by atoms with Crippen LogP contribution in [0.5, 0.6) is 0 Å². The molecule has 0 aliphatic heterocycles. The van der Waals surface area contributed by atoms with E-state index in [0.717, 1.165) is 34.1 Å². The van der Waals surface area contributed by atoms with Gasteiger partial charge in [-0.25, -0.2) is 0 Å². The van der Waals surface area contributed by atoms with E-state index in [1.165, 1.54) is 122 Å². The molecule has 0 amide bonds. The summed E-state index contributed by atoms with van der Waals surface area (Å²) in [6, 6.07) is 121. The highest BCUT2D eigenvalue weighted by Gasteiger charge is 2.65. The van der Waals surface area contributed by atoms with Gasteiger partial charge in [-0.3, -0.25) is 0 Å². The molecule has 4 aliphatic rings. The summed E-state index contributed by atoms with van der Waals surface area (Å²) in [6.07, 6.45) is 0. The van der Waals surface area contributed by atoms with Gasteiger partial charge in [0.25, 0.3) is 0 Å². The molecule has 18 rings (SSSR count). The fourth-order valence-corrected chi connectivity index (χ4v) is 17.5. The van der Waals surface area contributed by atoms with Crippen LogP contribution in [0, 0.1) is 0 Å². The second kappa shape index (κ2) is 19.3. The molecule has 0 heterocycles. The third-order valence-electron chi connectivity index (χ3n) is 21.2. The molecule has 2 atom stereocenters. The summed E-state index contributed by atoms with van der Waals surface area (Å²) in [7, 11) is 0. The second-order valence-corrected chi connectivity index (χ2v) is 26.2. The summed E-state index contributed by atoms with van der Waals surface area (Å²) < 4.78 is 0. The van der Waals surface area contributed by atoms with Crippen LogP contribution >= 0.6 is 0 Å². The molecule has 14 aromatic carbocycles. The number of benzene rings is 14. The molecule has 0 saturated carbocycles. The Morgan fingerprint density at radius 3 is 0.900 bits per heavy atom. The molecule has 4 aliphatic carbocycles. The Hall–Kier alpha value is -10.8. The number of para-hydroxylation sites is 2. The van der Waals surface area contributed by atoms with E-state index in [9.17, 15) is 0 Å². The van der Waals surface area contributed by atoms with Crippen molar-refractivity contribution in [3.8, 4) is 44.5 Å². The molecule has 90 heavy (non-hydrogen) atoms. The molecule has 0 spiro atoms. The Labute approximate surface area is 527 Å². The summed E-state index contributed by atoms with van der Waals surface area (Å²) in [4.78, 5) is 5.12. The van der Waals surface area contributed by atoms with Gasteiger partial charge in [0.2, 0.25) is 0 Å². The lowest BCUT2D eigenvalue weighted by molar-refractivity contribution is 0.438. The highest BCUT2D eigenvalue weighted by atomic mass is 15.2. The van der Waals surface area contributed by atoms with Crippen LogP contribution in [-0.2, 0) is 21.7 Å². The van der Waals surface area contributed by atoms with Crippen molar-refractivity contribution >= 4 is 55.7 Å². The van der Waals surface area contributed by atoms with Gasteiger partial charge in [0, 0.05) is 44.4 Å². The first kappa shape index (κ1) is 52.3. The molecule has 14 aromatic rings. The quantitative estimate of drug-likeness (QED) is 0.142. The van der Waals surface area contributed by atoms with Crippen LogP contribution in [-0.4, -0.2) is 0 Å². The van der Waals surface area contributed by atoms with E-state index in [-0.39, 0.29) is 10.8 Å². The van der Waals surface area contributed by atoms with E-state index in [1.54, 1.807) is 0 Å². The lowest BCUT2D eigenvalue weighted by Gasteiger charge is -2.51. The first-order chi connectivity index (χ1) is 44.2. The number of hydrogen-bond donors (Lipinski definition) is 0. The molecule has 426 valence electrons. The predicted octanol–water partition coefficient (Wildman–Crippen LogP) is 22.9. The first-order valence-electron chi connectivity index (χ1n) is 31.8. The van der Waals surface area contributed by atoms with Crippen LogP contribution in [0.25, 0.3) is 66.1 Å². The highest BCUT2D eigenvalue weighted by Crippen LogP contribution is 2.72. The van der Waals surface area contributed by atoms with Crippen molar-refractivity contribution in [3.05, 3.63) is 371 Å². The minimum absolute atomic E-state index is 0.207. The predicted molar refractivity (Wildman–Crippen MR) is 376 cm³/mol. The fraction of sp³-hybridized carbons (Fsp3) is 0.0909. The largest absolute Gasteiger partial charge is 0.310 e. The maximum absolute atomic E-state index is 2.64. The van der Waals surface area contributed by atoms with Gasteiger partial charge >= 0.3 is 0 Å². The second-order valence-electron chi connectivity index (χ2n) is 26.2. The lowest BCUT2D eigenvalue weighted by atomic mass is 9.49. The van der Waals surface area contributed by atoms with Crippen LogP contribution in [0.3, 0.4) is 0 Å². The zero-order valence-corrected chi connectivity index (χ0v) is 50.9. The summed E-state index contributed by atoms with van der Waals surface area (Å²) >= 11 is 0. The molecule has 0 fully saturated rings. The van der Waals surface area contributed by atoms with E-state index in [2.05, 4.69) is 353 Å². The Balaban J connectivity index is 0.992. The maximum atomic E-state index is 2.64. The third-order valence-corrected chi connectivity index (χ3v) is 21.2. The molecule has 0 saturated heterocycles. The molecule has 2 unspecified atom stereocenters. The zero-order chi connectivity index (χ0) is 60.1. The van der Waals surface area contributed by atoms with E-state index < -0.39 is 10.8 Å². The van der Waals surface area contributed by atoms with Crippen molar-refractivity contribution in [3.63, 3.8) is 0 Å². The van der Waals surface area contributed by atoms with E-state index in [4.69, 9.17) is 0 Å². The molecule has 2 heteroatoms. The SMILES string of the molecule is CC1(C)c2ccccc2-c2ccc(N(c3ccccc3)c3cc4c(c5ccccc35)-c3ccccc3C4(c3ccccc3)C3(c4ccccc4)c4ccccc4-c4c3cc(N(c3ccccc3)c3ccc5c(c3)C(C)(C)c3ccccc3-5)c3ccccc43)cc21. The number of rotatable bonds is 9. The van der Waals surface area contributed by atoms with Crippen LogP contribution < -0.4 is 9.80 Å². The van der Waals surface area contributed by atoms with Crippen molar-refractivity contribution in [1.29, 1.82) is 0 Å². The van der Waals surface area contributed by atoms with Gasteiger partial charge in [-0.2, -0.15) is 0 Å². The molecule has 0 radical (unpaired) electrons.